The van der Waals surface area contributed by atoms with Crippen molar-refractivity contribution in [1.82, 2.24) is 4.90 Å². The van der Waals surface area contributed by atoms with Gasteiger partial charge in [0.1, 0.15) is 25.0 Å². The molecule has 0 spiro atoms. The molecule has 2 fully saturated rings. The predicted molar refractivity (Wildman–Crippen MR) is 91.3 cm³/mol. The van der Waals surface area contributed by atoms with Crippen molar-refractivity contribution in [3.63, 3.8) is 0 Å². The number of rotatable bonds is 5. The van der Waals surface area contributed by atoms with Gasteiger partial charge < -0.3 is 14.4 Å². The second-order valence-corrected chi connectivity index (χ2v) is 8.15. The minimum absolute atomic E-state index is 0.0468. The summed E-state index contributed by atoms with van der Waals surface area (Å²) in [5, 5.41) is 0. The van der Waals surface area contributed by atoms with E-state index >= 15 is 0 Å². The van der Waals surface area contributed by atoms with Crippen molar-refractivity contribution in [2.45, 2.75) is 30.7 Å². The molecule has 1 amide bonds. The van der Waals surface area contributed by atoms with Crippen molar-refractivity contribution in [2.75, 3.05) is 19.0 Å². The van der Waals surface area contributed by atoms with Crippen molar-refractivity contribution in [1.29, 1.82) is 0 Å². The van der Waals surface area contributed by atoms with Gasteiger partial charge in [-0.25, -0.2) is 4.79 Å². The van der Waals surface area contributed by atoms with E-state index < -0.39 is 6.04 Å². The van der Waals surface area contributed by atoms with Gasteiger partial charge in [-0.3, -0.25) is 4.79 Å². The van der Waals surface area contributed by atoms with Crippen LogP contribution in [0.1, 0.15) is 19.8 Å². The topological polar surface area (TPSA) is 55.8 Å². The maximum Gasteiger partial charge on any atom is 0.329 e. The normalized spacial score (nSPS) is 26.3. The second-order valence-electron chi connectivity index (χ2n) is 5.74. The molecule has 2 aliphatic heterocycles. The molecule has 2 aliphatic rings. The van der Waals surface area contributed by atoms with Crippen molar-refractivity contribution >= 4 is 39.6 Å². The number of hydrogen-bond acceptors (Lipinski definition) is 5. The van der Waals surface area contributed by atoms with E-state index in [0.29, 0.717) is 18.8 Å². The Morgan fingerprint density at radius 2 is 2.13 bits per heavy atom. The zero-order valence-electron chi connectivity index (χ0n) is 12.8. The maximum absolute atomic E-state index is 12.2. The Labute approximate surface area is 147 Å². The SMILES string of the molecule is C[C@]12CCC(=O)N1[C@@H](C(=O)OCCOc1ccc(Br)cc1)CS2. The van der Waals surface area contributed by atoms with E-state index in [9.17, 15) is 9.59 Å². The van der Waals surface area contributed by atoms with Crippen LogP contribution in [-0.2, 0) is 14.3 Å². The molecule has 2 heterocycles. The number of carbonyl (C=O) groups is 2. The molecule has 7 heteroatoms. The van der Waals surface area contributed by atoms with Crippen LogP contribution in [0.4, 0.5) is 0 Å². The molecule has 1 aromatic rings. The third kappa shape index (κ3) is 3.50. The molecule has 0 saturated carbocycles. The van der Waals surface area contributed by atoms with Gasteiger partial charge in [-0.15, -0.1) is 11.8 Å². The summed E-state index contributed by atoms with van der Waals surface area (Å²) in [6, 6.07) is 6.99. The van der Waals surface area contributed by atoms with Gasteiger partial charge >= 0.3 is 5.97 Å². The number of amides is 1. The van der Waals surface area contributed by atoms with Gasteiger partial charge in [-0.05, 0) is 37.6 Å². The Morgan fingerprint density at radius 3 is 2.87 bits per heavy atom. The van der Waals surface area contributed by atoms with Crippen molar-refractivity contribution in [3.05, 3.63) is 28.7 Å². The quantitative estimate of drug-likeness (QED) is 0.562. The summed E-state index contributed by atoms with van der Waals surface area (Å²) in [5.74, 6) is 1.04. The van der Waals surface area contributed by atoms with E-state index in [1.165, 1.54) is 0 Å². The first-order chi connectivity index (χ1) is 11.0. The standard InChI is InChI=1S/C16H18BrNO4S/c1-16-7-6-14(19)18(16)13(10-23-16)15(20)22-9-8-21-12-4-2-11(17)3-5-12/h2-5,13H,6-10H2,1H3/t13-,16+/m1/s1. The van der Waals surface area contributed by atoms with Crippen molar-refractivity contribution in [3.8, 4) is 5.75 Å². The summed E-state index contributed by atoms with van der Waals surface area (Å²) in [6.07, 6.45) is 1.31. The van der Waals surface area contributed by atoms with Crippen LogP contribution in [0, 0.1) is 0 Å². The first kappa shape index (κ1) is 16.6. The Kier molecular flexibility index (Phi) is 4.87. The highest BCUT2D eigenvalue weighted by Crippen LogP contribution is 2.47. The van der Waals surface area contributed by atoms with E-state index in [4.69, 9.17) is 9.47 Å². The Morgan fingerprint density at radius 1 is 1.39 bits per heavy atom. The molecule has 0 radical (unpaired) electrons. The average Bonchev–Trinajstić information content (AvgIpc) is 3.02. The van der Waals surface area contributed by atoms with Gasteiger partial charge in [-0.1, -0.05) is 15.9 Å². The number of fused-ring (bicyclic) bond motifs is 1. The molecule has 0 aromatic heterocycles. The first-order valence-electron chi connectivity index (χ1n) is 7.51. The summed E-state index contributed by atoms with van der Waals surface area (Å²) in [4.78, 5) is 25.7. The van der Waals surface area contributed by atoms with E-state index in [1.54, 1.807) is 16.7 Å². The third-order valence-electron chi connectivity index (χ3n) is 4.13. The summed E-state index contributed by atoms with van der Waals surface area (Å²) < 4.78 is 11.8. The number of halogens is 1. The fourth-order valence-electron chi connectivity index (χ4n) is 2.92. The lowest BCUT2D eigenvalue weighted by Crippen LogP contribution is -2.46. The molecular formula is C16H18BrNO4S. The molecule has 2 atom stereocenters. The molecular weight excluding hydrogens is 382 g/mol. The van der Waals surface area contributed by atoms with E-state index in [1.807, 2.05) is 31.2 Å². The van der Waals surface area contributed by atoms with E-state index in [0.717, 1.165) is 16.6 Å². The molecule has 0 aliphatic carbocycles. The van der Waals surface area contributed by atoms with E-state index in [-0.39, 0.29) is 23.4 Å². The van der Waals surface area contributed by atoms with Crippen LogP contribution in [0.3, 0.4) is 0 Å². The monoisotopic (exact) mass is 399 g/mol. The summed E-state index contributed by atoms with van der Waals surface area (Å²) in [6.45, 7) is 2.49. The second kappa shape index (κ2) is 6.73. The first-order valence-corrected chi connectivity index (χ1v) is 9.29. The van der Waals surface area contributed by atoms with Crippen LogP contribution in [0.2, 0.25) is 0 Å². The van der Waals surface area contributed by atoms with Crippen LogP contribution in [0.5, 0.6) is 5.75 Å². The Bertz CT molecular complexity index is 609. The molecule has 5 nitrogen and oxygen atoms in total. The van der Waals surface area contributed by atoms with Crippen LogP contribution >= 0.6 is 27.7 Å². The molecule has 0 N–H and O–H groups in total. The largest absolute Gasteiger partial charge is 0.490 e. The smallest absolute Gasteiger partial charge is 0.329 e. The van der Waals surface area contributed by atoms with Gasteiger partial charge in [0, 0.05) is 16.6 Å². The van der Waals surface area contributed by atoms with Crippen LogP contribution < -0.4 is 4.74 Å². The number of benzene rings is 1. The number of thioether (sulfide) groups is 1. The van der Waals surface area contributed by atoms with Gasteiger partial charge in [0.25, 0.3) is 0 Å². The van der Waals surface area contributed by atoms with Crippen molar-refractivity contribution in [2.24, 2.45) is 0 Å². The van der Waals surface area contributed by atoms with E-state index in [2.05, 4.69) is 15.9 Å². The predicted octanol–water partition coefficient (Wildman–Crippen LogP) is 2.83. The zero-order valence-corrected chi connectivity index (χ0v) is 15.2. The fraction of sp³-hybridized carbons (Fsp3) is 0.500. The molecule has 23 heavy (non-hydrogen) atoms. The number of hydrogen-bond donors (Lipinski definition) is 0. The lowest BCUT2D eigenvalue weighted by molar-refractivity contribution is -0.154. The zero-order chi connectivity index (χ0) is 16.4. The molecule has 3 rings (SSSR count). The van der Waals surface area contributed by atoms with Crippen LogP contribution in [0.25, 0.3) is 0 Å². The molecule has 2 saturated heterocycles. The molecule has 0 unspecified atom stereocenters. The Hall–Kier alpha value is -1.21. The van der Waals surface area contributed by atoms with Gasteiger partial charge in [0.2, 0.25) is 5.91 Å². The Balaban J connectivity index is 1.46. The van der Waals surface area contributed by atoms with Crippen LogP contribution in [0.15, 0.2) is 28.7 Å². The lowest BCUT2D eigenvalue weighted by atomic mass is 10.2. The highest BCUT2D eigenvalue weighted by Gasteiger charge is 2.53. The third-order valence-corrected chi connectivity index (χ3v) is 6.16. The number of esters is 1. The molecule has 1 aromatic carbocycles. The summed E-state index contributed by atoms with van der Waals surface area (Å²) in [7, 11) is 0. The number of carbonyl (C=O) groups excluding carboxylic acids is 2. The van der Waals surface area contributed by atoms with Gasteiger partial charge in [0.15, 0.2) is 0 Å². The minimum atomic E-state index is -0.465. The van der Waals surface area contributed by atoms with Gasteiger partial charge in [0.05, 0.1) is 4.87 Å². The lowest BCUT2D eigenvalue weighted by Gasteiger charge is -2.29. The highest BCUT2D eigenvalue weighted by atomic mass is 79.9. The van der Waals surface area contributed by atoms with Crippen molar-refractivity contribution < 1.29 is 19.1 Å². The highest BCUT2D eigenvalue weighted by molar-refractivity contribution is 9.10. The van der Waals surface area contributed by atoms with Gasteiger partial charge in [-0.2, -0.15) is 0 Å². The number of nitrogens with zero attached hydrogens (tertiary/aromatic N) is 1. The molecule has 0 bridgehead atoms. The summed E-state index contributed by atoms with van der Waals surface area (Å²) in [5.41, 5.74) is 0. The maximum atomic E-state index is 12.2. The number of ether oxygens (including phenoxy) is 2. The average molecular weight is 400 g/mol. The summed E-state index contributed by atoms with van der Waals surface area (Å²) >= 11 is 5.02. The van der Waals surface area contributed by atoms with Crippen LogP contribution in [-0.4, -0.2) is 46.7 Å². The minimum Gasteiger partial charge on any atom is -0.490 e. The fourth-order valence-corrected chi connectivity index (χ4v) is 4.60. The molecule has 124 valence electrons.